The average Bonchev–Trinajstić information content (AvgIpc) is 3.48. The summed E-state index contributed by atoms with van der Waals surface area (Å²) >= 11 is 0. The molecule has 1 amide bonds. The number of hydrogen-bond donors (Lipinski definition) is 0. The molecule has 5 rings (SSSR count). The second-order valence-corrected chi connectivity index (χ2v) is 7.80. The summed E-state index contributed by atoms with van der Waals surface area (Å²) in [5, 5.41) is 0. The lowest BCUT2D eigenvalue weighted by molar-refractivity contribution is -0.140. The number of aromatic nitrogens is 2. The molecule has 2 aromatic rings. The maximum Gasteiger partial charge on any atom is 0.251 e. The number of hydrogen-bond acceptors (Lipinski definition) is 5. The van der Waals surface area contributed by atoms with Crippen LogP contribution < -0.4 is 4.90 Å². The quantitative estimate of drug-likeness (QED) is 0.809. The van der Waals surface area contributed by atoms with E-state index in [4.69, 9.17) is 9.47 Å². The van der Waals surface area contributed by atoms with Crippen molar-refractivity contribution in [3.05, 3.63) is 42.4 Å². The zero-order chi connectivity index (χ0) is 19.1. The predicted octanol–water partition coefficient (Wildman–Crippen LogP) is 1.95. The number of amides is 1. The number of fused-ring (bicyclic) bond motifs is 4. The van der Waals surface area contributed by atoms with E-state index in [0.29, 0.717) is 19.8 Å². The molecule has 7 heteroatoms. The van der Waals surface area contributed by atoms with E-state index in [1.165, 1.54) is 5.69 Å². The van der Waals surface area contributed by atoms with E-state index in [-0.39, 0.29) is 17.6 Å². The van der Waals surface area contributed by atoms with Gasteiger partial charge in [0.25, 0.3) is 5.91 Å². The molecule has 0 N–H and O–H groups in total. The molecular formula is C21H26N4O3. The predicted molar refractivity (Wildman–Crippen MR) is 105 cm³/mol. The van der Waals surface area contributed by atoms with Crippen LogP contribution in [-0.2, 0) is 19.8 Å². The van der Waals surface area contributed by atoms with Crippen LogP contribution in [0.4, 0.5) is 5.69 Å². The van der Waals surface area contributed by atoms with Crippen molar-refractivity contribution in [2.45, 2.75) is 30.9 Å². The molecule has 2 saturated heterocycles. The molecule has 0 radical (unpaired) electrons. The van der Waals surface area contributed by atoms with E-state index in [1.807, 2.05) is 17.2 Å². The molecule has 0 aromatic carbocycles. The van der Waals surface area contributed by atoms with Crippen molar-refractivity contribution in [1.82, 2.24) is 14.5 Å². The maximum absolute atomic E-state index is 13.0. The molecule has 0 bridgehead atoms. The standard InChI is InChI=1S/C21H26N4O3/c1-27-14-12-25-16-5-2-9-22-19(16)24-10-3-7-18(24)21(25)8-11-23(15-21)20(26)17-6-4-13-28-17/h2-3,5,7,9-10,17H,4,6,8,11-15H2,1H3/t17-,21?/m1/s1. The minimum absolute atomic E-state index is 0.135. The molecule has 28 heavy (non-hydrogen) atoms. The Morgan fingerprint density at radius 1 is 1.39 bits per heavy atom. The van der Waals surface area contributed by atoms with Crippen LogP contribution in [0, 0.1) is 0 Å². The van der Waals surface area contributed by atoms with Gasteiger partial charge < -0.3 is 23.8 Å². The van der Waals surface area contributed by atoms with Gasteiger partial charge in [-0.3, -0.25) is 4.79 Å². The average molecular weight is 382 g/mol. The minimum atomic E-state index is -0.272. The number of pyridine rings is 1. The van der Waals surface area contributed by atoms with E-state index in [0.717, 1.165) is 43.9 Å². The lowest BCUT2D eigenvalue weighted by Crippen LogP contribution is -2.54. The Kier molecular flexibility index (Phi) is 4.36. The van der Waals surface area contributed by atoms with Crippen molar-refractivity contribution in [3.8, 4) is 5.82 Å². The third kappa shape index (κ3) is 2.57. The topological polar surface area (TPSA) is 59.8 Å². The molecule has 2 aromatic heterocycles. The number of ether oxygens (including phenoxy) is 2. The molecule has 1 spiro atoms. The third-order valence-electron chi connectivity index (χ3n) is 6.31. The van der Waals surface area contributed by atoms with Crippen molar-refractivity contribution in [1.29, 1.82) is 0 Å². The molecule has 5 heterocycles. The molecular weight excluding hydrogens is 356 g/mol. The number of carbonyl (C=O) groups excluding carboxylic acids is 1. The van der Waals surface area contributed by atoms with E-state index in [2.05, 4.69) is 38.8 Å². The summed E-state index contributed by atoms with van der Waals surface area (Å²) < 4.78 is 13.3. The van der Waals surface area contributed by atoms with Crippen LogP contribution in [0.2, 0.25) is 0 Å². The van der Waals surface area contributed by atoms with Gasteiger partial charge in [-0.1, -0.05) is 0 Å². The van der Waals surface area contributed by atoms with Crippen LogP contribution >= 0.6 is 0 Å². The largest absolute Gasteiger partial charge is 0.383 e. The SMILES string of the molecule is COCCN1c2cccnc2-n2cccc2C12CCN(C(=O)[C@H]1CCCO1)C2. The van der Waals surface area contributed by atoms with Crippen molar-refractivity contribution in [2.24, 2.45) is 0 Å². The van der Waals surface area contributed by atoms with E-state index in [9.17, 15) is 4.79 Å². The normalized spacial score (nSPS) is 26.0. The lowest BCUT2D eigenvalue weighted by Gasteiger charge is -2.47. The molecule has 2 fully saturated rings. The first-order chi connectivity index (χ1) is 13.7. The summed E-state index contributed by atoms with van der Waals surface area (Å²) in [5.41, 5.74) is 2.01. The Bertz CT molecular complexity index is 876. The van der Waals surface area contributed by atoms with Gasteiger partial charge >= 0.3 is 0 Å². The van der Waals surface area contributed by atoms with Crippen molar-refractivity contribution in [2.75, 3.05) is 44.9 Å². The summed E-state index contributed by atoms with van der Waals surface area (Å²) in [6, 6.07) is 8.33. The Balaban J connectivity index is 1.54. The highest BCUT2D eigenvalue weighted by Gasteiger charge is 2.51. The molecule has 3 aliphatic rings. The number of anilines is 1. The highest BCUT2D eigenvalue weighted by atomic mass is 16.5. The first kappa shape index (κ1) is 17.7. The Morgan fingerprint density at radius 2 is 2.32 bits per heavy atom. The molecule has 7 nitrogen and oxygen atoms in total. The summed E-state index contributed by atoms with van der Waals surface area (Å²) in [6.45, 7) is 3.47. The van der Waals surface area contributed by atoms with Crippen LogP contribution in [-0.4, -0.2) is 66.4 Å². The monoisotopic (exact) mass is 382 g/mol. The van der Waals surface area contributed by atoms with Gasteiger partial charge in [-0.2, -0.15) is 0 Å². The van der Waals surface area contributed by atoms with E-state index < -0.39 is 0 Å². The van der Waals surface area contributed by atoms with E-state index in [1.54, 1.807) is 7.11 Å². The summed E-state index contributed by atoms with van der Waals surface area (Å²) in [6.07, 6.45) is 6.31. The second kappa shape index (κ2) is 6.90. The lowest BCUT2D eigenvalue weighted by atomic mass is 9.89. The summed E-state index contributed by atoms with van der Waals surface area (Å²) in [7, 11) is 1.73. The summed E-state index contributed by atoms with van der Waals surface area (Å²) in [4.78, 5) is 22.1. The van der Waals surface area contributed by atoms with Crippen molar-refractivity contribution in [3.63, 3.8) is 0 Å². The zero-order valence-electron chi connectivity index (χ0n) is 16.2. The fraction of sp³-hybridized carbons (Fsp3) is 0.524. The zero-order valence-corrected chi connectivity index (χ0v) is 16.2. The Labute approximate surface area is 164 Å². The van der Waals surface area contributed by atoms with Gasteiger partial charge in [0.2, 0.25) is 0 Å². The Morgan fingerprint density at radius 3 is 3.14 bits per heavy atom. The van der Waals surface area contributed by atoms with Gasteiger partial charge in [0.15, 0.2) is 5.82 Å². The number of likely N-dealkylation sites (tertiary alicyclic amines) is 1. The molecule has 148 valence electrons. The molecule has 0 aliphatic carbocycles. The highest BCUT2D eigenvalue weighted by molar-refractivity contribution is 5.82. The van der Waals surface area contributed by atoms with Crippen LogP contribution in [0.5, 0.6) is 0 Å². The number of carbonyl (C=O) groups is 1. The van der Waals surface area contributed by atoms with Gasteiger partial charge in [0.1, 0.15) is 11.6 Å². The fourth-order valence-corrected chi connectivity index (χ4v) is 5.00. The third-order valence-corrected chi connectivity index (χ3v) is 6.31. The van der Waals surface area contributed by atoms with E-state index >= 15 is 0 Å². The maximum atomic E-state index is 13.0. The minimum Gasteiger partial charge on any atom is -0.383 e. The van der Waals surface area contributed by atoms with Crippen LogP contribution in [0.15, 0.2) is 36.7 Å². The van der Waals surface area contributed by atoms with Crippen LogP contribution in [0.3, 0.4) is 0 Å². The fourth-order valence-electron chi connectivity index (χ4n) is 5.00. The number of rotatable bonds is 4. The first-order valence-electron chi connectivity index (χ1n) is 10.0. The summed E-state index contributed by atoms with van der Waals surface area (Å²) in [5.74, 6) is 1.07. The highest BCUT2D eigenvalue weighted by Crippen LogP contribution is 2.47. The Hall–Kier alpha value is -2.38. The van der Waals surface area contributed by atoms with Gasteiger partial charge in [-0.15, -0.1) is 0 Å². The number of nitrogens with zero attached hydrogens (tertiary/aromatic N) is 4. The van der Waals surface area contributed by atoms with Gasteiger partial charge in [-0.25, -0.2) is 4.98 Å². The van der Waals surface area contributed by atoms with Gasteiger partial charge in [0, 0.05) is 45.7 Å². The van der Waals surface area contributed by atoms with Gasteiger partial charge in [0.05, 0.1) is 18.0 Å². The van der Waals surface area contributed by atoms with Crippen LogP contribution in [0.1, 0.15) is 25.0 Å². The van der Waals surface area contributed by atoms with Crippen molar-refractivity contribution >= 4 is 11.6 Å². The first-order valence-corrected chi connectivity index (χ1v) is 10.0. The van der Waals surface area contributed by atoms with Gasteiger partial charge in [-0.05, 0) is 43.5 Å². The molecule has 3 aliphatic heterocycles. The second-order valence-electron chi connectivity index (χ2n) is 7.80. The van der Waals surface area contributed by atoms with Crippen molar-refractivity contribution < 1.29 is 14.3 Å². The molecule has 1 unspecified atom stereocenters. The smallest absolute Gasteiger partial charge is 0.251 e. The number of methoxy groups -OCH3 is 1. The molecule has 0 saturated carbocycles. The molecule has 2 atom stereocenters. The van der Waals surface area contributed by atoms with Crippen LogP contribution in [0.25, 0.3) is 5.82 Å².